The van der Waals surface area contributed by atoms with Crippen LogP contribution >= 0.6 is 11.6 Å². The van der Waals surface area contributed by atoms with E-state index in [0.29, 0.717) is 5.65 Å². The summed E-state index contributed by atoms with van der Waals surface area (Å²) in [5, 5.41) is -0.395. The lowest BCUT2D eigenvalue weighted by molar-refractivity contribution is -0.119. The molecule has 0 aliphatic heterocycles. The van der Waals surface area contributed by atoms with Gasteiger partial charge in [0.05, 0.1) is 6.04 Å². The van der Waals surface area contributed by atoms with Crippen molar-refractivity contribution in [3.05, 3.63) is 29.5 Å². The van der Waals surface area contributed by atoms with Crippen molar-refractivity contribution in [1.29, 1.82) is 0 Å². The van der Waals surface area contributed by atoms with Gasteiger partial charge in [0.25, 0.3) is 10.0 Å². The molecule has 19 heavy (non-hydrogen) atoms. The van der Waals surface area contributed by atoms with E-state index in [1.54, 1.807) is 18.2 Å². The number of carbonyl (C=O) groups excluding carboxylic acids is 1. The van der Waals surface area contributed by atoms with E-state index in [1.807, 2.05) is 0 Å². The van der Waals surface area contributed by atoms with Gasteiger partial charge in [0.1, 0.15) is 5.65 Å². The molecule has 1 amide bonds. The molecular formula is C10H11ClN4O3S. The molecule has 2 heterocycles. The predicted molar refractivity (Wildman–Crippen MR) is 69.2 cm³/mol. The van der Waals surface area contributed by atoms with Gasteiger partial charge in [-0.05, 0) is 19.1 Å². The minimum atomic E-state index is -4.00. The Bertz CT molecular complexity index is 740. The number of sulfonamides is 1. The maximum absolute atomic E-state index is 12.2. The Morgan fingerprint density at radius 1 is 1.53 bits per heavy atom. The van der Waals surface area contributed by atoms with E-state index in [0.717, 1.165) is 0 Å². The van der Waals surface area contributed by atoms with Crippen molar-refractivity contribution in [2.75, 3.05) is 0 Å². The van der Waals surface area contributed by atoms with E-state index in [9.17, 15) is 13.2 Å². The Balaban J connectivity index is 2.55. The number of nitrogens with zero attached hydrogens (tertiary/aromatic N) is 2. The largest absolute Gasteiger partial charge is 0.368 e. The first kappa shape index (κ1) is 13.8. The summed E-state index contributed by atoms with van der Waals surface area (Å²) < 4.78 is 27.8. The first-order valence-corrected chi connectivity index (χ1v) is 7.13. The zero-order chi connectivity index (χ0) is 14.2. The quantitative estimate of drug-likeness (QED) is 0.837. The fraction of sp³-hybridized carbons (Fsp3) is 0.200. The molecule has 1 unspecified atom stereocenters. The molecule has 2 aromatic rings. The monoisotopic (exact) mass is 302 g/mol. The molecule has 0 aliphatic carbocycles. The van der Waals surface area contributed by atoms with Crippen LogP contribution in [-0.4, -0.2) is 29.8 Å². The molecule has 0 bridgehead atoms. The Hall–Kier alpha value is -1.64. The smallest absolute Gasteiger partial charge is 0.260 e. The number of hydrogen-bond donors (Lipinski definition) is 2. The topological polar surface area (TPSA) is 107 Å². The number of rotatable bonds is 4. The van der Waals surface area contributed by atoms with Crippen LogP contribution in [0, 0.1) is 0 Å². The summed E-state index contributed by atoms with van der Waals surface area (Å²) in [7, 11) is -4.00. The number of halogens is 1. The molecule has 0 saturated carbocycles. The second-order valence-corrected chi connectivity index (χ2v) is 5.87. The lowest BCUT2D eigenvalue weighted by atomic mass is 10.4. The maximum atomic E-state index is 12.2. The highest BCUT2D eigenvalue weighted by Crippen LogP contribution is 2.22. The van der Waals surface area contributed by atoms with E-state index >= 15 is 0 Å². The van der Waals surface area contributed by atoms with Crippen molar-refractivity contribution in [2.45, 2.75) is 18.0 Å². The van der Waals surface area contributed by atoms with Crippen molar-refractivity contribution in [3.8, 4) is 0 Å². The second kappa shape index (κ2) is 4.80. The third-order valence-electron chi connectivity index (χ3n) is 2.46. The van der Waals surface area contributed by atoms with Crippen molar-refractivity contribution < 1.29 is 13.2 Å². The van der Waals surface area contributed by atoms with E-state index in [2.05, 4.69) is 9.71 Å². The van der Waals surface area contributed by atoms with Gasteiger partial charge in [-0.3, -0.25) is 9.20 Å². The van der Waals surface area contributed by atoms with Gasteiger partial charge in [0.2, 0.25) is 5.91 Å². The van der Waals surface area contributed by atoms with Crippen molar-refractivity contribution >= 4 is 33.2 Å². The van der Waals surface area contributed by atoms with Gasteiger partial charge in [0.15, 0.2) is 10.2 Å². The zero-order valence-electron chi connectivity index (χ0n) is 9.87. The molecule has 0 aromatic carbocycles. The number of aromatic nitrogens is 2. The first-order chi connectivity index (χ1) is 8.83. The Morgan fingerprint density at radius 2 is 2.21 bits per heavy atom. The van der Waals surface area contributed by atoms with Crippen LogP contribution in [0.4, 0.5) is 0 Å². The number of primary amides is 1. The Morgan fingerprint density at radius 3 is 2.84 bits per heavy atom. The van der Waals surface area contributed by atoms with Gasteiger partial charge in [-0.25, -0.2) is 13.4 Å². The number of amides is 1. The molecule has 2 aromatic heterocycles. The van der Waals surface area contributed by atoms with Crippen molar-refractivity contribution in [1.82, 2.24) is 14.1 Å². The Kier molecular flexibility index (Phi) is 3.48. The van der Waals surface area contributed by atoms with Crippen molar-refractivity contribution in [2.24, 2.45) is 5.73 Å². The average Bonchev–Trinajstić information content (AvgIpc) is 2.64. The fourth-order valence-electron chi connectivity index (χ4n) is 1.53. The number of fused-ring (bicyclic) bond motifs is 1. The normalized spacial score (nSPS) is 13.6. The van der Waals surface area contributed by atoms with Crippen LogP contribution in [0.1, 0.15) is 6.92 Å². The molecule has 0 saturated heterocycles. The second-order valence-electron chi connectivity index (χ2n) is 3.88. The molecule has 0 aliphatic rings. The number of nitrogens with one attached hydrogen (secondary N) is 1. The van der Waals surface area contributed by atoms with Crippen LogP contribution in [0.15, 0.2) is 29.4 Å². The first-order valence-electron chi connectivity index (χ1n) is 5.27. The summed E-state index contributed by atoms with van der Waals surface area (Å²) in [6, 6.07) is 3.91. The van der Waals surface area contributed by atoms with E-state index in [-0.39, 0.29) is 10.2 Å². The minimum Gasteiger partial charge on any atom is -0.368 e. The molecule has 102 valence electrons. The van der Waals surface area contributed by atoms with Gasteiger partial charge in [-0.15, -0.1) is 0 Å². The van der Waals surface area contributed by atoms with E-state index in [1.165, 1.54) is 17.5 Å². The number of pyridine rings is 1. The maximum Gasteiger partial charge on any atom is 0.260 e. The van der Waals surface area contributed by atoms with Gasteiger partial charge < -0.3 is 5.73 Å². The Labute approximate surface area is 114 Å². The number of carbonyl (C=O) groups is 1. The highest BCUT2D eigenvalue weighted by molar-refractivity contribution is 7.89. The van der Waals surface area contributed by atoms with Gasteiger partial charge >= 0.3 is 0 Å². The molecule has 1 atom stereocenters. The summed E-state index contributed by atoms with van der Waals surface area (Å²) in [5.41, 5.74) is 5.41. The summed E-state index contributed by atoms with van der Waals surface area (Å²) in [6.45, 7) is 1.34. The molecule has 3 N–H and O–H groups in total. The molecule has 0 radical (unpaired) electrons. The SMILES string of the molecule is CC(NS(=O)(=O)c1c(Cl)nc2ccccn12)C(N)=O. The predicted octanol–water partition coefficient (Wildman–Crippen LogP) is 0.140. The van der Waals surface area contributed by atoms with Crippen LogP contribution in [0.2, 0.25) is 5.15 Å². The minimum absolute atomic E-state index is 0.171. The fourth-order valence-corrected chi connectivity index (χ4v) is 3.39. The number of nitrogens with two attached hydrogens (primary N) is 1. The van der Waals surface area contributed by atoms with Crippen LogP contribution in [-0.2, 0) is 14.8 Å². The van der Waals surface area contributed by atoms with E-state index < -0.39 is 22.0 Å². The van der Waals surface area contributed by atoms with Crippen LogP contribution in [0.25, 0.3) is 5.65 Å². The zero-order valence-corrected chi connectivity index (χ0v) is 11.4. The average molecular weight is 303 g/mol. The van der Waals surface area contributed by atoms with Crippen LogP contribution in [0.3, 0.4) is 0 Å². The van der Waals surface area contributed by atoms with Crippen LogP contribution < -0.4 is 10.5 Å². The highest BCUT2D eigenvalue weighted by Gasteiger charge is 2.27. The molecule has 0 spiro atoms. The summed E-state index contributed by atoms with van der Waals surface area (Å²) in [6.07, 6.45) is 1.51. The lowest BCUT2D eigenvalue weighted by Gasteiger charge is -2.10. The molecule has 7 nitrogen and oxygen atoms in total. The van der Waals surface area contributed by atoms with Gasteiger partial charge in [0, 0.05) is 6.20 Å². The molecule has 9 heteroatoms. The van der Waals surface area contributed by atoms with Crippen LogP contribution in [0.5, 0.6) is 0 Å². The summed E-state index contributed by atoms with van der Waals surface area (Å²) in [5.74, 6) is -0.784. The summed E-state index contributed by atoms with van der Waals surface area (Å²) >= 11 is 5.85. The third kappa shape index (κ3) is 2.55. The highest BCUT2D eigenvalue weighted by atomic mass is 35.5. The summed E-state index contributed by atoms with van der Waals surface area (Å²) in [4.78, 5) is 14.9. The number of imidazole rings is 1. The molecule has 0 fully saturated rings. The van der Waals surface area contributed by atoms with Crippen molar-refractivity contribution in [3.63, 3.8) is 0 Å². The molecule has 2 rings (SSSR count). The third-order valence-corrected chi connectivity index (χ3v) is 4.40. The standard InChI is InChI=1S/C10H11ClN4O3S/c1-6(9(12)16)14-19(17,18)10-8(11)13-7-4-2-3-5-15(7)10/h2-6,14H,1H3,(H2,12,16). The number of hydrogen-bond acceptors (Lipinski definition) is 4. The van der Waals surface area contributed by atoms with E-state index in [4.69, 9.17) is 17.3 Å². The molecular weight excluding hydrogens is 292 g/mol. The lowest BCUT2D eigenvalue weighted by Crippen LogP contribution is -2.42. The van der Waals surface area contributed by atoms with Gasteiger partial charge in [-0.2, -0.15) is 4.72 Å². The van der Waals surface area contributed by atoms with Gasteiger partial charge in [-0.1, -0.05) is 17.7 Å².